The Morgan fingerprint density at radius 3 is 2.74 bits per heavy atom. The van der Waals surface area contributed by atoms with Crippen molar-refractivity contribution in [1.82, 2.24) is 9.62 Å². The first-order chi connectivity index (χ1) is 10.3. The third kappa shape index (κ3) is 5.72. The summed E-state index contributed by atoms with van der Waals surface area (Å²) in [5.41, 5.74) is 5.70. The standard InChI is InChI=1S/C14H23N3O3S2.ClH/c1-10-7-11(8-15)9-17(10)14(18)13-4-3-12(21-13)5-6-16-22(2,19)20;/h3-4,10-11,16H,5-9,15H2,1-2H3;1H. The fourth-order valence-corrected chi connectivity index (χ4v) is 4.16. The van der Waals surface area contributed by atoms with Crippen LogP contribution in [-0.4, -0.2) is 51.2 Å². The van der Waals surface area contributed by atoms with Gasteiger partial charge in [-0.2, -0.15) is 0 Å². The van der Waals surface area contributed by atoms with Gasteiger partial charge in [0.05, 0.1) is 11.1 Å². The summed E-state index contributed by atoms with van der Waals surface area (Å²) in [7, 11) is -3.17. The topological polar surface area (TPSA) is 92.5 Å². The van der Waals surface area contributed by atoms with Crippen LogP contribution in [0.4, 0.5) is 0 Å². The largest absolute Gasteiger partial charge is 0.335 e. The second-order valence-corrected chi connectivity index (χ2v) is 8.83. The summed E-state index contributed by atoms with van der Waals surface area (Å²) in [4.78, 5) is 16.1. The molecular formula is C14H24ClN3O3S2. The minimum atomic E-state index is -3.17. The van der Waals surface area contributed by atoms with Gasteiger partial charge >= 0.3 is 0 Å². The molecule has 1 saturated heterocycles. The molecule has 0 radical (unpaired) electrons. The molecule has 9 heteroatoms. The predicted octanol–water partition coefficient (Wildman–Crippen LogP) is 1.07. The monoisotopic (exact) mass is 381 g/mol. The third-order valence-corrected chi connectivity index (χ3v) is 5.73. The van der Waals surface area contributed by atoms with Gasteiger partial charge in [-0.3, -0.25) is 4.79 Å². The van der Waals surface area contributed by atoms with E-state index >= 15 is 0 Å². The summed E-state index contributed by atoms with van der Waals surface area (Å²) in [6.45, 7) is 3.74. The number of nitrogens with one attached hydrogen (secondary N) is 1. The number of carbonyl (C=O) groups is 1. The Hall–Kier alpha value is -0.670. The first-order valence-corrected chi connectivity index (χ1v) is 10.1. The van der Waals surface area contributed by atoms with Crippen LogP contribution in [0.1, 0.15) is 27.9 Å². The molecule has 0 saturated carbocycles. The average molecular weight is 382 g/mol. The second-order valence-electron chi connectivity index (χ2n) is 5.83. The van der Waals surface area contributed by atoms with Crippen LogP contribution in [0.3, 0.4) is 0 Å². The number of amides is 1. The van der Waals surface area contributed by atoms with Gasteiger partial charge in [-0.05, 0) is 44.4 Å². The van der Waals surface area contributed by atoms with E-state index in [0.717, 1.165) is 24.1 Å². The maximum atomic E-state index is 12.5. The van der Waals surface area contributed by atoms with Gasteiger partial charge < -0.3 is 10.6 Å². The van der Waals surface area contributed by atoms with Crippen molar-refractivity contribution in [3.05, 3.63) is 21.9 Å². The Morgan fingerprint density at radius 1 is 1.48 bits per heavy atom. The molecule has 0 aromatic carbocycles. The van der Waals surface area contributed by atoms with Crippen LogP contribution in [0.2, 0.25) is 0 Å². The Morgan fingerprint density at radius 2 is 2.17 bits per heavy atom. The third-order valence-electron chi connectivity index (χ3n) is 3.86. The highest BCUT2D eigenvalue weighted by atomic mass is 35.5. The van der Waals surface area contributed by atoms with Crippen molar-refractivity contribution in [2.45, 2.75) is 25.8 Å². The highest BCUT2D eigenvalue weighted by Gasteiger charge is 2.32. The van der Waals surface area contributed by atoms with Gasteiger partial charge in [-0.1, -0.05) is 0 Å². The Bertz CT molecular complexity index is 633. The van der Waals surface area contributed by atoms with Crippen molar-refractivity contribution in [2.24, 2.45) is 11.7 Å². The smallest absolute Gasteiger partial charge is 0.264 e. The summed E-state index contributed by atoms with van der Waals surface area (Å²) >= 11 is 1.43. The zero-order valence-corrected chi connectivity index (χ0v) is 15.8. The van der Waals surface area contributed by atoms with E-state index in [-0.39, 0.29) is 24.4 Å². The normalized spacial score (nSPS) is 21.3. The van der Waals surface area contributed by atoms with Gasteiger partial charge in [0.2, 0.25) is 10.0 Å². The highest BCUT2D eigenvalue weighted by Crippen LogP contribution is 2.26. The lowest BCUT2D eigenvalue weighted by atomic mass is 10.1. The van der Waals surface area contributed by atoms with E-state index in [2.05, 4.69) is 11.6 Å². The number of hydrogen-bond donors (Lipinski definition) is 2. The van der Waals surface area contributed by atoms with Gasteiger partial charge in [0.15, 0.2) is 0 Å². The number of carbonyl (C=O) groups excluding carboxylic acids is 1. The van der Waals surface area contributed by atoms with Gasteiger partial charge in [0, 0.05) is 24.0 Å². The molecule has 1 aliphatic heterocycles. The molecular weight excluding hydrogens is 358 g/mol. The highest BCUT2D eigenvalue weighted by molar-refractivity contribution is 7.88. The van der Waals surface area contributed by atoms with E-state index in [1.165, 1.54) is 11.3 Å². The number of thiophene rings is 1. The first kappa shape index (κ1) is 20.4. The summed E-state index contributed by atoms with van der Waals surface area (Å²) < 4.78 is 24.5. The number of hydrogen-bond acceptors (Lipinski definition) is 5. The first-order valence-electron chi connectivity index (χ1n) is 7.34. The van der Waals surface area contributed by atoms with Crippen LogP contribution in [-0.2, 0) is 16.4 Å². The van der Waals surface area contributed by atoms with Crippen LogP contribution < -0.4 is 10.5 Å². The molecule has 0 bridgehead atoms. The van der Waals surface area contributed by atoms with Crippen LogP contribution in [0.15, 0.2) is 12.1 Å². The van der Waals surface area contributed by atoms with E-state index in [1.54, 1.807) is 0 Å². The summed E-state index contributed by atoms with van der Waals surface area (Å²) in [6.07, 6.45) is 2.68. The zero-order valence-electron chi connectivity index (χ0n) is 13.3. The molecule has 1 aromatic heterocycles. The number of sulfonamides is 1. The minimum Gasteiger partial charge on any atom is -0.335 e. The number of nitrogens with two attached hydrogens (primary N) is 1. The van der Waals surface area contributed by atoms with Crippen molar-refractivity contribution < 1.29 is 13.2 Å². The van der Waals surface area contributed by atoms with Crippen molar-refractivity contribution in [1.29, 1.82) is 0 Å². The second kappa shape index (κ2) is 8.43. The molecule has 2 heterocycles. The molecule has 0 spiro atoms. The van der Waals surface area contributed by atoms with E-state index in [0.29, 0.717) is 30.3 Å². The van der Waals surface area contributed by atoms with E-state index in [1.807, 2.05) is 17.0 Å². The van der Waals surface area contributed by atoms with Gasteiger partial charge in [0.1, 0.15) is 0 Å². The van der Waals surface area contributed by atoms with Crippen LogP contribution in [0, 0.1) is 5.92 Å². The SMILES string of the molecule is CC1CC(CN)CN1C(=O)c1ccc(CCNS(C)(=O)=O)s1.Cl. The van der Waals surface area contributed by atoms with Crippen LogP contribution >= 0.6 is 23.7 Å². The molecule has 2 unspecified atom stereocenters. The lowest BCUT2D eigenvalue weighted by molar-refractivity contribution is 0.0748. The molecule has 23 heavy (non-hydrogen) atoms. The average Bonchev–Trinajstić information content (AvgIpc) is 3.03. The fraction of sp³-hybridized carbons (Fsp3) is 0.643. The molecule has 1 fully saturated rings. The van der Waals surface area contributed by atoms with Crippen LogP contribution in [0.25, 0.3) is 0 Å². The lowest BCUT2D eigenvalue weighted by Gasteiger charge is -2.20. The maximum Gasteiger partial charge on any atom is 0.264 e. The van der Waals surface area contributed by atoms with E-state index < -0.39 is 10.0 Å². The number of nitrogens with zero attached hydrogens (tertiary/aromatic N) is 1. The molecule has 1 aromatic rings. The summed E-state index contributed by atoms with van der Waals surface area (Å²) in [5, 5.41) is 0. The van der Waals surface area contributed by atoms with Crippen molar-refractivity contribution >= 4 is 39.7 Å². The molecule has 1 amide bonds. The molecule has 0 aliphatic carbocycles. The number of likely N-dealkylation sites (tertiary alicyclic amines) is 1. The minimum absolute atomic E-state index is 0. The maximum absolute atomic E-state index is 12.5. The van der Waals surface area contributed by atoms with Gasteiger partial charge in [-0.25, -0.2) is 13.1 Å². The number of halogens is 1. The quantitative estimate of drug-likeness (QED) is 0.770. The summed E-state index contributed by atoms with van der Waals surface area (Å²) in [5.74, 6) is 0.438. The molecule has 3 N–H and O–H groups in total. The van der Waals surface area contributed by atoms with Crippen molar-refractivity contribution in [3.8, 4) is 0 Å². The molecule has 2 rings (SSSR count). The van der Waals surface area contributed by atoms with Crippen molar-refractivity contribution in [2.75, 3.05) is 25.9 Å². The Labute approximate surface area is 147 Å². The zero-order chi connectivity index (χ0) is 16.3. The lowest BCUT2D eigenvalue weighted by Crippen LogP contribution is -2.33. The fourth-order valence-electron chi connectivity index (χ4n) is 2.72. The Kier molecular flexibility index (Phi) is 7.47. The van der Waals surface area contributed by atoms with E-state index in [9.17, 15) is 13.2 Å². The predicted molar refractivity (Wildman–Crippen MR) is 95.8 cm³/mol. The van der Waals surface area contributed by atoms with Crippen molar-refractivity contribution in [3.63, 3.8) is 0 Å². The molecule has 132 valence electrons. The van der Waals surface area contributed by atoms with E-state index in [4.69, 9.17) is 5.73 Å². The summed E-state index contributed by atoms with van der Waals surface area (Å²) in [6, 6.07) is 3.94. The number of rotatable bonds is 6. The van der Waals surface area contributed by atoms with Gasteiger partial charge in [-0.15, -0.1) is 23.7 Å². The van der Waals surface area contributed by atoms with Gasteiger partial charge in [0.25, 0.3) is 5.91 Å². The molecule has 1 aliphatic rings. The molecule has 2 atom stereocenters. The molecule has 6 nitrogen and oxygen atoms in total. The Balaban J connectivity index is 0.00000264. The van der Waals surface area contributed by atoms with Crippen LogP contribution in [0.5, 0.6) is 0 Å².